The Labute approximate surface area is 126 Å². The smallest absolute Gasteiger partial charge is 0.344 e. The summed E-state index contributed by atoms with van der Waals surface area (Å²) in [5.41, 5.74) is 0.908. The molecule has 0 heterocycles. The van der Waals surface area contributed by atoms with Crippen molar-refractivity contribution in [1.82, 2.24) is 5.32 Å². The number of aliphatic carboxylic acids is 1. The summed E-state index contributed by atoms with van der Waals surface area (Å²) >= 11 is 0. The fourth-order valence-electron chi connectivity index (χ4n) is 1.98. The average molecular weight is 295 g/mol. The van der Waals surface area contributed by atoms with Crippen LogP contribution >= 0.6 is 0 Å². The Morgan fingerprint density at radius 1 is 1.33 bits per heavy atom. The molecule has 0 fully saturated rings. The molecule has 0 bridgehead atoms. The molecule has 0 amide bonds. The van der Waals surface area contributed by atoms with Crippen LogP contribution in [0.15, 0.2) is 18.2 Å². The molecule has 0 saturated heterocycles. The lowest BCUT2D eigenvalue weighted by Gasteiger charge is -2.18. The molecule has 0 spiro atoms. The first kappa shape index (κ1) is 17.3. The van der Waals surface area contributed by atoms with Gasteiger partial charge in [-0.2, -0.15) is 0 Å². The van der Waals surface area contributed by atoms with E-state index in [1.807, 2.05) is 13.0 Å². The number of carboxylic acid groups (broad SMARTS) is 1. The van der Waals surface area contributed by atoms with E-state index in [9.17, 15) is 9.90 Å². The highest BCUT2D eigenvalue weighted by Crippen LogP contribution is 2.26. The van der Waals surface area contributed by atoms with Gasteiger partial charge in [-0.25, -0.2) is 4.79 Å². The summed E-state index contributed by atoms with van der Waals surface area (Å²) in [6, 6.07) is 5.43. The molecule has 0 aliphatic heterocycles. The van der Waals surface area contributed by atoms with Gasteiger partial charge in [0.15, 0.2) is 6.10 Å². The van der Waals surface area contributed by atoms with E-state index in [1.165, 1.54) is 0 Å². The number of ether oxygens (including phenoxy) is 2. The SMILES string of the molecule is CCCNCc1cc(OC)ccc1OC(CCC)C(=O)O. The Morgan fingerprint density at radius 3 is 2.67 bits per heavy atom. The van der Waals surface area contributed by atoms with Gasteiger partial charge >= 0.3 is 5.97 Å². The van der Waals surface area contributed by atoms with E-state index in [2.05, 4.69) is 12.2 Å². The molecule has 5 heteroatoms. The Balaban J connectivity index is 2.89. The molecular weight excluding hydrogens is 270 g/mol. The van der Waals surface area contributed by atoms with Crippen molar-refractivity contribution in [2.24, 2.45) is 0 Å². The quantitative estimate of drug-likeness (QED) is 0.650. The molecule has 0 aliphatic rings. The van der Waals surface area contributed by atoms with Gasteiger partial charge in [0.25, 0.3) is 0 Å². The summed E-state index contributed by atoms with van der Waals surface area (Å²) in [4.78, 5) is 11.2. The van der Waals surface area contributed by atoms with E-state index < -0.39 is 12.1 Å². The molecule has 0 aliphatic carbocycles. The van der Waals surface area contributed by atoms with Crippen molar-refractivity contribution in [1.29, 1.82) is 0 Å². The lowest BCUT2D eigenvalue weighted by atomic mass is 10.1. The van der Waals surface area contributed by atoms with Gasteiger partial charge in [0.05, 0.1) is 7.11 Å². The third kappa shape index (κ3) is 5.63. The Hall–Kier alpha value is -1.75. The number of methoxy groups -OCH3 is 1. The maximum Gasteiger partial charge on any atom is 0.344 e. The fraction of sp³-hybridized carbons (Fsp3) is 0.562. The van der Waals surface area contributed by atoms with E-state index in [0.29, 0.717) is 18.7 Å². The van der Waals surface area contributed by atoms with Crippen molar-refractivity contribution in [2.45, 2.75) is 45.8 Å². The Kier molecular flexibility index (Phi) is 7.61. The normalized spacial score (nSPS) is 12.0. The highest BCUT2D eigenvalue weighted by molar-refractivity contribution is 5.72. The minimum Gasteiger partial charge on any atom is -0.497 e. The van der Waals surface area contributed by atoms with Crippen LogP contribution in [-0.4, -0.2) is 30.8 Å². The first-order valence-electron chi connectivity index (χ1n) is 7.39. The first-order valence-corrected chi connectivity index (χ1v) is 7.39. The second-order valence-electron chi connectivity index (χ2n) is 4.88. The summed E-state index contributed by atoms with van der Waals surface area (Å²) < 4.78 is 10.9. The van der Waals surface area contributed by atoms with Crippen molar-refractivity contribution in [3.05, 3.63) is 23.8 Å². The lowest BCUT2D eigenvalue weighted by Crippen LogP contribution is -2.27. The number of hydrogen-bond acceptors (Lipinski definition) is 4. The van der Waals surface area contributed by atoms with Gasteiger partial charge < -0.3 is 19.9 Å². The zero-order chi connectivity index (χ0) is 15.7. The minimum atomic E-state index is -0.930. The maximum absolute atomic E-state index is 11.2. The summed E-state index contributed by atoms with van der Waals surface area (Å²) in [6.45, 7) is 5.56. The van der Waals surface area contributed by atoms with Crippen LogP contribution in [0, 0.1) is 0 Å². The topological polar surface area (TPSA) is 67.8 Å². The third-order valence-electron chi connectivity index (χ3n) is 3.11. The van der Waals surface area contributed by atoms with Crippen LogP contribution in [0.1, 0.15) is 38.7 Å². The van der Waals surface area contributed by atoms with Gasteiger partial charge in [-0.3, -0.25) is 0 Å². The fourth-order valence-corrected chi connectivity index (χ4v) is 1.98. The second-order valence-corrected chi connectivity index (χ2v) is 4.88. The molecule has 0 radical (unpaired) electrons. The van der Waals surface area contributed by atoms with Gasteiger partial charge in [-0.1, -0.05) is 20.3 Å². The van der Waals surface area contributed by atoms with Gasteiger partial charge in [0.1, 0.15) is 11.5 Å². The molecule has 21 heavy (non-hydrogen) atoms. The summed E-state index contributed by atoms with van der Waals surface area (Å²) in [6.07, 6.45) is 1.47. The van der Waals surface area contributed by atoms with E-state index in [4.69, 9.17) is 9.47 Å². The zero-order valence-corrected chi connectivity index (χ0v) is 13.0. The average Bonchev–Trinajstić information content (AvgIpc) is 2.48. The molecule has 1 rings (SSSR count). The second kappa shape index (κ2) is 9.23. The number of nitrogens with one attached hydrogen (secondary N) is 1. The van der Waals surface area contributed by atoms with Crippen LogP contribution in [0.2, 0.25) is 0 Å². The minimum absolute atomic E-state index is 0.489. The molecule has 5 nitrogen and oxygen atoms in total. The van der Waals surface area contributed by atoms with Crippen LogP contribution in [0.4, 0.5) is 0 Å². The van der Waals surface area contributed by atoms with E-state index in [-0.39, 0.29) is 0 Å². The van der Waals surface area contributed by atoms with Crippen LogP contribution in [0.3, 0.4) is 0 Å². The van der Waals surface area contributed by atoms with Crippen molar-refractivity contribution >= 4 is 5.97 Å². The largest absolute Gasteiger partial charge is 0.497 e. The first-order chi connectivity index (χ1) is 10.1. The van der Waals surface area contributed by atoms with Crippen LogP contribution in [-0.2, 0) is 11.3 Å². The van der Waals surface area contributed by atoms with E-state index >= 15 is 0 Å². The molecule has 1 aromatic rings. The predicted octanol–water partition coefficient (Wildman–Crippen LogP) is 2.83. The Morgan fingerprint density at radius 2 is 2.10 bits per heavy atom. The highest BCUT2D eigenvalue weighted by atomic mass is 16.5. The molecule has 0 aromatic heterocycles. The molecule has 2 N–H and O–H groups in total. The lowest BCUT2D eigenvalue weighted by molar-refractivity contribution is -0.145. The van der Waals surface area contributed by atoms with Crippen molar-refractivity contribution in [2.75, 3.05) is 13.7 Å². The predicted molar refractivity (Wildman–Crippen MR) is 82.0 cm³/mol. The third-order valence-corrected chi connectivity index (χ3v) is 3.11. The molecule has 1 aromatic carbocycles. The van der Waals surface area contributed by atoms with Crippen molar-refractivity contribution < 1.29 is 19.4 Å². The van der Waals surface area contributed by atoms with Crippen LogP contribution < -0.4 is 14.8 Å². The molecular formula is C16H25NO4. The molecule has 0 saturated carbocycles. The van der Waals surface area contributed by atoms with Crippen LogP contribution in [0.25, 0.3) is 0 Å². The van der Waals surface area contributed by atoms with Gasteiger partial charge in [0.2, 0.25) is 0 Å². The number of benzene rings is 1. The highest BCUT2D eigenvalue weighted by Gasteiger charge is 2.19. The standard InChI is InChI=1S/C16H25NO4/c1-4-6-15(16(18)19)21-14-8-7-13(20-3)10-12(14)11-17-9-5-2/h7-8,10,15,17H,4-6,9,11H2,1-3H3,(H,18,19). The van der Waals surface area contributed by atoms with Crippen molar-refractivity contribution in [3.63, 3.8) is 0 Å². The monoisotopic (exact) mass is 295 g/mol. The van der Waals surface area contributed by atoms with E-state index in [1.54, 1.807) is 19.2 Å². The molecule has 1 unspecified atom stereocenters. The van der Waals surface area contributed by atoms with Crippen LogP contribution in [0.5, 0.6) is 11.5 Å². The maximum atomic E-state index is 11.2. The number of rotatable bonds is 10. The summed E-state index contributed by atoms with van der Waals surface area (Å²) in [5, 5.41) is 12.5. The summed E-state index contributed by atoms with van der Waals surface area (Å²) in [7, 11) is 1.61. The summed E-state index contributed by atoms with van der Waals surface area (Å²) in [5.74, 6) is 0.401. The molecule has 1 atom stereocenters. The Bertz CT molecular complexity index is 448. The number of carboxylic acids is 1. The zero-order valence-electron chi connectivity index (χ0n) is 13.0. The number of carbonyl (C=O) groups is 1. The number of hydrogen-bond donors (Lipinski definition) is 2. The molecule has 118 valence electrons. The van der Waals surface area contributed by atoms with Gasteiger partial charge in [0, 0.05) is 12.1 Å². The van der Waals surface area contributed by atoms with Gasteiger partial charge in [-0.05, 0) is 37.6 Å². The van der Waals surface area contributed by atoms with Gasteiger partial charge in [-0.15, -0.1) is 0 Å². The van der Waals surface area contributed by atoms with E-state index in [0.717, 1.165) is 30.7 Å². The van der Waals surface area contributed by atoms with Crippen molar-refractivity contribution in [3.8, 4) is 11.5 Å².